The zero-order valence-corrected chi connectivity index (χ0v) is 5.44. The van der Waals surface area contributed by atoms with Crippen LogP contribution in [0.5, 0.6) is 0 Å². The summed E-state index contributed by atoms with van der Waals surface area (Å²) in [7, 11) is 1.87. The number of hydrogen-bond donors (Lipinski definition) is 3. The van der Waals surface area contributed by atoms with Crippen molar-refractivity contribution in [3.8, 4) is 0 Å². The van der Waals surface area contributed by atoms with Crippen molar-refractivity contribution in [3.05, 3.63) is 0 Å². The molecule has 0 saturated carbocycles. The molecule has 0 aliphatic rings. The average Bonchev–Trinajstić information content (AvgIpc) is 1.83. The highest BCUT2D eigenvalue weighted by Crippen LogP contribution is 1.67. The van der Waals surface area contributed by atoms with E-state index < -0.39 is 0 Å². The van der Waals surface area contributed by atoms with Gasteiger partial charge in [0.05, 0.1) is 12.8 Å². The molecule has 0 saturated heterocycles. The highest BCUT2D eigenvalue weighted by atomic mass is 16.3. The van der Waals surface area contributed by atoms with Gasteiger partial charge in [0.15, 0.2) is 0 Å². The Bertz CT molecular complexity index is 49.7. The smallest absolute Gasteiger partial charge is 0.0556 e. The average molecular weight is 118 g/mol. The van der Waals surface area contributed by atoms with E-state index in [9.17, 15) is 0 Å². The first-order chi connectivity index (χ1) is 3.81. The zero-order valence-electron chi connectivity index (χ0n) is 5.44. The van der Waals surface area contributed by atoms with E-state index in [1.807, 2.05) is 14.0 Å². The van der Waals surface area contributed by atoms with Crippen LogP contribution in [-0.2, 0) is 0 Å². The van der Waals surface area contributed by atoms with Crippen LogP contribution >= 0.6 is 0 Å². The number of hydrogen-bond acceptors (Lipinski definition) is 3. The second-order valence-electron chi connectivity index (χ2n) is 1.69. The molecular formula is C5H14N2O. The summed E-state index contributed by atoms with van der Waals surface area (Å²) < 4.78 is 0. The molecule has 0 aliphatic heterocycles. The SMILES string of the molecule is CNC(C)NCCO. The molecule has 0 aromatic rings. The van der Waals surface area contributed by atoms with Crippen LogP contribution in [0.1, 0.15) is 6.92 Å². The second kappa shape index (κ2) is 5.03. The lowest BCUT2D eigenvalue weighted by Crippen LogP contribution is -2.38. The van der Waals surface area contributed by atoms with Gasteiger partial charge >= 0.3 is 0 Å². The van der Waals surface area contributed by atoms with Crippen molar-refractivity contribution >= 4 is 0 Å². The van der Waals surface area contributed by atoms with E-state index in [-0.39, 0.29) is 6.61 Å². The third-order valence-electron chi connectivity index (χ3n) is 0.995. The maximum Gasteiger partial charge on any atom is 0.0556 e. The largest absolute Gasteiger partial charge is 0.395 e. The van der Waals surface area contributed by atoms with Crippen molar-refractivity contribution in [2.75, 3.05) is 20.2 Å². The normalized spacial score (nSPS) is 13.9. The van der Waals surface area contributed by atoms with Crippen LogP contribution < -0.4 is 10.6 Å². The van der Waals surface area contributed by atoms with Crippen LogP contribution in [0.2, 0.25) is 0 Å². The van der Waals surface area contributed by atoms with Crippen molar-refractivity contribution in [1.82, 2.24) is 10.6 Å². The fraction of sp³-hybridized carbons (Fsp3) is 1.00. The molecule has 0 aromatic carbocycles. The summed E-state index contributed by atoms with van der Waals surface area (Å²) in [5.74, 6) is 0. The van der Waals surface area contributed by atoms with E-state index in [0.29, 0.717) is 12.7 Å². The molecule has 0 heterocycles. The van der Waals surface area contributed by atoms with Gasteiger partial charge in [0.1, 0.15) is 0 Å². The molecule has 0 radical (unpaired) electrons. The number of aliphatic hydroxyl groups excluding tert-OH is 1. The molecule has 0 bridgehead atoms. The number of nitrogens with one attached hydrogen (secondary N) is 2. The standard InChI is InChI=1S/C5H14N2O/c1-5(6-2)7-3-4-8/h5-8H,3-4H2,1-2H3. The summed E-state index contributed by atoms with van der Waals surface area (Å²) in [5.41, 5.74) is 0. The first-order valence-electron chi connectivity index (χ1n) is 2.82. The van der Waals surface area contributed by atoms with E-state index in [1.54, 1.807) is 0 Å². The predicted octanol–water partition coefficient (Wildman–Crippen LogP) is -0.866. The van der Waals surface area contributed by atoms with Crippen molar-refractivity contribution < 1.29 is 5.11 Å². The van der Waals surface area contributed by atoms with E-state index in [1.165, 1.54) is 0 Å². The second-order valence-corrected chi connectivity index (χ2v) is 1.69. The summed E-state index contributed by atoms with van der Waals surface area (Å²) in [6, 6.07) is 0. The Kier molecular flexibility index (Phi) is 4.95. The minimum absolute atomic E-state index is 0.200. The van der Waals surface area contributed by atoms with Crippen molar-refractivity contribution in [3.63, 3.8) is 0 Å². The van der Waals surface area contributed by atoms with Crippen LogP contribution in [0.15, 0.2) is 0 Å². The lowest BCUT2D eigenvalue weighted by atomic mass is 10.5. The van der Waals surface area contributed by atoms with E-state index >= 15 is 0 Å². The quantitative estimate of drug-likeness (QED) is 0.421. The van der Waals surface area contributed by atoms with Gasteiger partial charge in [0.2, 0.25) is 0 Å². The fourth-order valence-corrected chi connectivity index (χ4v) is 0.383. The summed E-state index contributed by atoms with van der Waals surface area (Å²) in [5, 5.41) is 14.3. The highest BCUT2D eigenvalue weighted by Gasteiger charge is 1.91. The summed E-state index contributed by atoms with van der Waals surface area (Å²) in [6.45, 7) is 2.85. The molecule has 0 aliphatic carbocycles. The first kappa shape index (κ1) is 7.88. The maximum atomic E-state index is 8.32. The summed E-state index contributed by atoms with van der Waals surface area (Å²) in [6.07, 6.45) is 0.294. The Morgan fingerprint density at radius 2 is 2.25 bits per heavy atom. The Morgan fingerprint density at radius 3 is 2.62 bits per heavy atom. The van der Waals surface area contributed by atoms with Gasteiger partial charge in [-0.25, -0.2) is 0 Å². The van der Waals surface area contributed by atoms with Gasteiger partial charge in [-0.3, -0.25) is 5.32 Å². The summed E-state index contributed by atoms with van der Waals surface area (Å²) in [4.78, 5) is 0. The molecule has 50 valence electrons. The van der Waals surface area contributed by atoms with Crippen molar-refractivity contribution in [1.29, 1.82) is 0 Å². The van der Waals surface area contributed by atoms with Gasteiger partial charge in [-0.05, 0) is 14.0 Å². The summed E-state index contributed by atoms with van der Waals surface area (Å²) >= 11 is 0. The van der Waals surface area contributed by atoms with Gasteiger partial charge in [-0.1, -0.05) is 0 Å². The molecule has 0 aromatic heterocycles. The first-order valence-corrected chi connectivity index (χ1v) is 2.82. The molecule has 3 N–H and O–H groups in total. The number of aliphatic hydroxyl groups is 1. The number of rotatable bonds is 4. The topological polar surface area (TPSA) is 44.3 Å². The maximum absolute atomic E-state index is 8.32. The molecule has 8 heavy (non-hydrogen) atoms. The van der Waals surface area contributed by atoms with Crippen molar-refractivity contribution in [2.24, 2.45) is 0 Å². The van der Waals surface area contributed by atoms with Gasteiger partial charge in [-0.15, -0.1) is 0 Å². The van der Waals surface area contributed by atoms with Gasteiger partial charge in [0.25, 0.3) is 0 Å². The molecule has 1 unspecified atom stereocenters. The van der Waals surface area contributed by atoms with Crippen molar-refractivity contribution in [2.45, 2.75) is 13.1 Å². The van der Waals surface area contributed by atoms with Gasteiger partial charge in [-0.2, -0.15) is 0 Å². The van der Waals surface area contributed by atoms with E-state index in [4.69, 9.17) is 5.11 Å². The third kappa shape index (κ3) is 4.05. The molecule has 3 nitrogen and oxygen atoms in total. The minimum Gasteiger partial charge on any atom is -0.395 e. The fourth-order valence-electron chi connectivity index (χ4n) is 0.383. The van der Waals surface area contributed by atoms with Crippen LogP contribution in [0.25, 0.3) is 0 Å². The Balaban J connectivity index is 2.86. The van der Waals surface area contributed by atoms with Gasteiger partial charge < -0.3 is 10.4 Å². The molecule has 0 rings (SSSR count). The molecule has 0 spiro atoms. The van der Waals surface area contributed by atoms with Crippen LogP contribution in [0, 0.1) is 0 Å². The van der Waals surface area contributed by atoms with Crippen LogP contribution in [0.4, 0.5) is 0 Å². The Morgan fingerprint density at radius 1 is 1.62 bits per heavy atom. The van der Waals surface area contributed by atoms with E-state index in [0.717, 1.165) is 0 Å². The molecule has 3 heteroatoms. The molecule has 1 atom stereocenters. The lowest BCUT2D eigenvalue weighted by Gasteiger charge is -2.09. The highest BCUT2D eigenvalue weighted by molar-refractivity contribution is 4.51. The predicted molar refractivity (Wildman–Crippen MR) is 33.6 cm³/mol. The molecular weight excluding hydrogens is 104 g/mol. The minimum atomic E-state index is 0.200. The zero-order chi connectivity index (χ0) is 6.41. The monoisotopic (exact) mass is 118 g/mol. The Labute approximate surface area is 50.1 Å². The molecule has 0 fully saturated rings. The Hall–Kier alpha value is -0.120. The van der Waals surface area contributed by atoms with Crippen LogP contribution in [0.3, 0.4) is 0 Å². The van der Waals surface area contributed by atoms with Crippen LogP contribution in [-0.4, -0.2) is 31.5 Å². The van der Waals surface area contributed by atoms with Gasteiger partial charge in [0, 0.05) is 6.54 Å². The lowest BCUT2D eigenvalue weighted by molar-refractivity contribution is 0.282. The van der Waals surface area contributed by atoms with E-state index in [2.05, 4.69) is 10.6 Å². The third-order valence-corrected chi connectivity index (χ3v) is 0.995. The molecule has 0 amide bonds.